The molecule has 1 unspecified atom stereocenters. The van der Waals surface area contributed by atoms with Gasteiger partial charge in [0, 0.05) is 18.0 Å². The smallest absolute Gasteiger partial charge is 0.324 e. The lowest BCUT2D eigenvalue weighted by atomic mass is 9.84. The zero-order chi connectivity index (χ0) is 20.8. The lowest BCUT2D eigenvalue weighted by molar-refractivity contribution is 0.220. The third-order valence-electron chi connectivity index (χ3n) is 6.54. The first-order valence-electron chi connectivity index (χ1n) is 11.3. The minimum absolute atomic E-state index is 0.658. The van der Waals surface area contributed by atoms with Gasteiger partial charge < -0.3 is 14.2 Å². The molecule has 3 heterocycles. The fourth-order valence-electron chi connectivity index (χ4n) is 4.51. The number of piperidine rings is 1. The first kappa shape index (κ1) is 21.5. The highest BCUT2D eigenvalue weighted by molar-refractivity contribution is 7.98. The Labute approximate surface area is 184 Å². The van der Waals surface area contributed by atoms with E-state index in [0.717, 1.165) is 63.2 Å². The molecule has 0 saturated carbocycles. The quantitative estimate of drug-likeness (QED) is 0.534. The van der Waals surface area contributed by atoms with Gasteiger partial charge in [-0.15, -0.1) is 11.8 Å². The topological polar surface area (TPSA) is 54.6 Å². The number of hydrogen-bond donors (Lipinski definition) is 0. The highest BCUT2D eigenvalue weighted by Crippen LogP contribution is 2.29. The van der Waals surface area contributed by atoms with Crippen molar-refractivity contribution in [2.24, 2.45) is 11.8 Å². The van der Waals surface area contributed by atoms with Crippen molar-refractivity contribution in [3.8, 4) is 5.75 Å². The Morgan fingerprint density at radius 3 is 2.57 bits per heavy atom. The Bertz CT molecular complexity index is 768. The van der Waals surface area contributed by atoms with Crippen LogP contribution in [0.15, 0.2) is 33.7 Å². The molecule has 2 saturated heterocycles. The van der Waals surface area contributed by atoms with Crippen LogP contribution < -0.4 is 9.64 Å². The van der Waals surface area contributed by atoms with Crippen LogP contribution in [0.25, 0.3) is 0 Å². The predicted octanol–water partition coefficient (Wildman–Crippen LogP) is 4.71. The SMILES string of the molecule is CSc1ccc(OCCC(C)C2CCN(c3nc(CN4CCCC4)no3)CC2)cc1. The van der Waals surface area contributed by atoms with Gasteiger partial charge in [-0.05, 0) is 87.6 Å². The molecular weight excluding hydrogens is 396 g/mol. The van der Waals surface area contributed by atoms with Crippen LogP contribution in [-0.2, 0) is 6.54 Å². The fourth-order valence-corrected chi connectivity index (χ4v) is 4.92. The van der Waals surface area contributed by atoms with E-state index in [1.54, 1.807) is 11.8 Å². The van der Waals surface area contributed by atoms with E-state index in [2.05, 4.69) is 57.4 Å². The normalized spacial score (nSPS) is 19.3. The molecule has 2 aromatic rings. The van der Waals surface area contributed by atoms with Crippen LogP contribution in [0.4, 0.5) is 6.01 Å². The number of likely N-dealkylation sites (tertiary alicyclic amines) is 1. The number of aromatic nitrogens is 2. The second kappa shape index (κ2) is 10.5. The molecule has 0 spiro atoms. The van der Waals surface area contributed by atoms with Crippen molar-refractivity contribution in [3.05, 3.63) is 30.1 Å². The summed E-state index contributed by atoms with van der Waals surface area (Å²) in [4.78, 5) is 10.6. The Balaban J connectivity index is 1.17. The van der Waals surface area contributed by atoms with Gasteiger partial charge in [0.1, 0.15) is 5.75 Å². The summed E-state index contributed by atoms with van der Waals surface area (Å²) in [5.41, 5.74) is 0. The molecule has 164 valence electrons. The lowest BCUT2D eigenvalue weighted by Crippen LogP contribution is -2.36. The van der Waals surface area contributed by atoms with E-state index in [1.807, 2.05) is 0 Å². The second-order valence-electron chi connectivity index (χ2n) is 8.59. The third kappa shape index (κ3) is 5.70. The van der Waals surface area contributed by atoms with Crippen molar-refractivity contribution in [2.75, 3.05) is 43.9 Å². The standard InChI is InChI=1S/C23H34N4O2S/c1-18(11-16-28-20-5-7-21(30-2)8-6-20)19-9-14-27(15-10-19)23-24-22(25-29-23)17-26-12-3-4-13-26/h5-8,18-19H,3-4,9-17H2,1-2H3. The van der Waals surface area contributed by atoms with Gasteiger partial charge in [0.05, 0.1) is 13.2 Å². The number of rotatable bonds is 9. The third-order valence-corrected chi connectivity index (χ3v) is 7.28. The summed E-state index contributed by atoms with van der Waals surface area (Å²) in [7, 11) is 0. The van der Waals surface area contributed by atoms with E-state index in [-0.39, 0.29) is 0 Å². The summed E-state index contributed by atoms with van der Waals surface area (Å²) in [5.74, 6) is 3.18. The molecule has 0 bridgehead atoms. The van der Waals surface area contributed by atoms with Gasteiger partial charge in [-0.2, -0.15) is 4.98 Å². The van der Waals surface area contributed by atoms with Gasteiger partial charge in [0.15, 0.2) is 5.82 Å². The highest BCUT2D eigenvalue weighted by atomic mass is 32.2. The molecule has 6 nitrogen and oxygen atoms in total. The predicted molar refractivity (Wildman–Crippen MR) is 121 cm³/mol. The van der Waals surface area contributed by atoms with Crippen molar-refractivity contribution in [2.45, 2.75) is 50.5 Å². The number of anilines is 1. The van der Waals surface area contributed by atoms with Gasteiger partial charge in [0.2, 0.25) is 0 Å². The largest absolute Gasteiger partial charge is 0.494 e. The maximum absolute atomic E-state index is 5.96. The maximum atomic E-state index is 5.96. The van der Waals surface area contributed by atoms with Gasteiger partial charge in [0.25, 0.3) is 0 Å². The fraction of sp³-hybridized carbons (Fsp3) is 0.652. The van der Waals surface area contributed by atoms with Gasteiger partial charge in [-0.1, -0.05) is 12.1 Å². The first-order valence-corrected chi connectivity index (χ1v) is 12.5. The summed E-state index contributed by atoms with van der Waals surface area (Å²) >= 11 is 1.76. The molecule has 1 aromatic heterocycles. The Morgan fingerprint density at radius 2 is 1.87 bits per heavy atom. The van der Waals surface area contributed by atoms with E-state index in [1.165, 1.54) is 30.6 Å². The van der Waals surface area contributed by atoms with Crippen LogP contribution in [-0.4, -0.2) is 54.1 Å². The molecule has 2 fully saturated rings. The average molecular weight is 431 g/mol. The molecule has 0 N–H and O–H groups in total. The highest BCUT2D eigenvalue weighted by Gasteiger charge is 2.27. The van der Waals surface area contributed by atoms with E-state index in [9.17, 15) is 0 Å². The van der Waals surface area contributed by atoms with Gasteiger partial charge in [-0.3, -0.25) is 4.90 Å². The molecule has 0 aliphatic carbocycles. The van der Waals surface area contributed by atoms with E-state index in [4.69, 9.17) is 9.26 Å². The monoisotopic (exact) mass is 430 g/mol. The van der Waals surface area contributed by atoms with Gasteiger partial charge >= 0.3 is 6.01 Å². The zero-order valence-corrected chi connectivity index (χ0v) is 19.1. The minimum atomic E-state index is 0.658. The Kier molecular flexibility index (Phi) is 7.55. The zero-order valence-electron chi connectivity index (χ0n) is 18.3. The molecule has 4 rings (SSSR count). The molecule has 2 aliphatic rings. The molecular formula is C23H34N4O2S. The van der Waals surface area contributed by atoms with Crippen LogP contribution in [0.2, 0.25) is 0 Å². The van der Waals surface area contributed by atoms with Crippen molar-refractivity contribution >= 4 is 17.8 Å². The summed E-state index contributed by atoms with van der Waals surface area (Å²) in [5, 5.41) is 4.20. The van der Waals surface area contributed by atoms with Crippen molar-refractivity contribution in [1.82, 2.24) is 15.0 Å². The molecule has 0 radical (unpaired) electrons. The van der Waals surface area contributed by atoms with E-state index in [0.29, 0.717) is 11.9 Å². The average Bonchev–Trinajstić information content (AvgIpc) is 3.47. The Morgan fingerprint density at radius 1 is 1.13 bits per heavy atom. The summed E-state index contributed by atoms with van der Waals surface area (Å²) in [6.07, 6.45) is 8.10. The molecule has 1 aromatic carbocycles. The summed E-state index contributed by atoms with van der Waals surface area (Å²) in [6.45, 7) is 8.26. The van der Waals surface area contributed by atoms with Crippen molar-refractivity contribution in [3.63, 3.8) is 0 Å². The van der Waals surface area contributed by atoms with Crippen LogP contribution in [0.5, 0.6) is 5.75 Å². The van der Waals surface area contributed by atoms with Crippen LogP contribution in [0.3, 0.4) is 0 Å². The van der Waals surface area contributed by atoms with E-state index >= 15 is 0 Å². The first-order chi connectivity index (χ1) is 14.7. The van der Waals surface area contributed by atoms with Crippen molar-refractivity contribution in [1.29, 1.82) is 0 Å². The van der Waals surface area contributed by atoms with Gasteiger partial charge in [-0.25, -0.2) is 0 Å². The van der Waals surface area contributed by atoms with Crippen LogP contribution >= 0.6 is 11.8 Å². The van der Waals surface area contributed by atoms with Crippen molar-refractivity contribution < 1.29 is 9.26 Å². The lowest BCUT2D eigenvalue weighted by Gasteiger charge is -2.33. The molecule has 30 heavy (non-hydrogen) atoms. The number of ether oxygens (including phenoxy) is 1. The number of hydrogen-bond acceptors (Lipinski definition) is 7. The number of thioether (sulfide) groups is 1. The Hall–Kier alpha value is -1.73. The molecule has 0 amide bonds. The number of nitrogens with zero attached hydrogens (tertiary/aromatic N) is 4. The van der Waals surface area contributed by atoms with Crippen LogP contribution in [0.1, 0.15) is 44.9 Å². The van der Waals surface area contributed by atoms with Crippen LogP contribution in [0, 0.1) is 11.8 Å². The molecule has 7 heteroatoms. The van der Waals surface area contributed by atoms with E-state index < -0.39 is 0 Å². The second-order valence-corrected chi connectivity index (χ2v) is 9.47. The minimum Gasteiger partial charge on any atom is -0.494 e. The summed E-state index contributed by atoms with van der Waals surface area (Å²) in [6, 6.07) is 9.07. The summed E-state index contributed by atoms with van der Waals surface area (Å²) < 4.78 is 11.5. The molecule has 1 atom stereocenters. The number of benzene rings is 1. The maximum Gasteiger partial charge on any atom is 0.324 e. The molecule has 2 aliphatic heterocycles.